The second kappa shape index (κ2) is 6.43. The zero-order valence-corrected chi connectivity index (χ0v) is 15.4. The number of hydrogen-bond donors (Lipinski definition) is 1. The van der Waals surface area contributed by atoms with Crippen molar-refractivity contribution in [1.82, 2.24) is 19.4 Å². The fourth-order valence-corrected chi connectivity index (χ4v) is 4.26. The van der Waals surface area contributed by atoms with Crippen molar-refractivity contribution in [2.45, 2.75) is 13.5 Å². The summed E-state index contributed by atoms with van der Waals surface area (Å²) in [7, 11) is 0. The van der Waals surface area contributed by atoms with Gasteiger partial charge in [-0.25, -0.2) is 4.98 Å². The predicted octanol–water partition coefficient (Wildman–Crippen LogP) is -0.212. The molecule has 9 nitrogen and oxygen atoms in total. The molecule has 0 spiro atoms. The Morgan fingerprint density at radius 3 is 2.54 bits per heavy atom. The molecule has 0 unspecified atom stereocenters. The van der Waals surface area contributed by atoms with Gasteiger partial charge in [0.05, 0.1) is 17.2 Å². The molecule has 2 fully saturated rings. The quantitative estimate of drug-likeness (QED) is 0.783. The van der Waals surface area contributed by atoms with Crippen LogP contribution < -0.4 is 5.56 Å². The van der Waals surface area contributed by atoms with Crippen molar-refractivity contribution in [3.63, 3.8) is 0 Å². The molecule has 0 radical (unpaired) electrons. The third-order valence-corrected chi connectivity index (χ3v) is 5.87. The van der Waals surface area contributed by atoms with E-state index in [1.165, 1.54) is 27.6 Å². The summed E-state index contributed by atoms with van der Waals surface area (Å²) in [6.45, 7) is 1.93. The largest absolute Gasteiger partial charge is 0.481 e. The number of para-hydroxylation sites is 1. The average Bonchev–Trinajstić information content (AvgIpc) is 3.20. The maximum atomic E-state index is 12.8. The Labute approximate surface area is 160 Å². The third kappa shape index (κ3) is 2.74. The molecule has 2 aromatic rings. The van der Waals surface area contributed by atoms with E-state index in [4.69, 9.17) is 0 Å². The summed E-state index contributed by atoms with van der Waals surface area (Å²) in [5.74, 6) is -1.81. The number of amides is 2. The van der Waals surface area contributed by atoms with Gasteiger partial charge >= 0.3 is 5.97 Å². The van der Waals surface area contributed by atoms with Gasteiger partial charge in [0.1, 0.15) is 12.0 Å². The number of nitrogens with zero attached hydrogens (tertiary/aromatic N) is 4. The van der Waals surface area contributed by atoms with Crippen LogP contribution in [0.5, 0.6) is 0 Å². The SMILES string of the molecule is CC(=O)N1C[C@H]2CN(C(=O)Cn3cnc4ccccc4c3=O)C[C@@]2(C(=O)O)C1. The molecule has 2 saturated heterocycles. The Balaban J connectivity index is 1.55. The van der Waals surface area contributed by atoms with E-state index in [-0.39, 0.29) is 49.5 Å². The minimum atomic E-state index is -1.14. The summed E-state index contributed by atoms with van der Waals surface area (Å²) in [5, 5.41) is 10.2. The van der Waals surface area contributed by atoms with Gasteiger partial charge in [-0.3, -0.25) is 23.7 Å². The van der Waals surface area contributed by atoms with Crippen LogP contribution in [0, 0.1) is 11.3 Å². The van der Waals surface area contributed by atoms with Crippen LogP contribution in [0.2, 0.25) is 0 Å². The highest BCUT2D eigenvalue weighted by Gasteiger charge is 2.59. The molecule has 28 heavy (non-hydrogen) atoms. The normalized spacial score (nSPS) is 23.8. The van der Waals surface area contributed by atoms with Crippen LogP contribution in [0.4, 0.5) is 0 Å². The zero-order valence-electron chi connectivity index (χ0n) is 15.4. The minimum Gasteiger partial charge on any atom is -0.481 e. The molecular formula is C19H20N4O5. The molecular weight excluding hydrogens is 364 g/mol. The molecule has 0 aliphatic carbocycles. The second-order valence-electron chi connectivity index (χ2n) is 7.53. The molecule has 1 aromatic heterocycles. The van der Waals surface area contributed by atoms with Crippen molar-refractivity contribution in [2.75, 3.05) is 26.2 Å². The van der Waals surface area contributed by atoms with Gasteiger partial charge in [-0.2, -0.15) is 0 Å². The smallest absolute Gasteiger partial charge is 0.313 e. The third-order valence-electron chi connectivity index (χ3n) is 5.87. The fourth-order valence-electron chi connectivity index (χ4n) is 4.26. The molecule has 146 valence electrons. The molecule has 2 atom stereocenters. The lowest BCUT2D eigenvalue weighted by atomic mass is 9.81. The van der Waals surface area contributed by atoms with Gasteiger partial charge in [0, 0.05) is 39.0 Å². The summed E-state index contributed by atoms with van der Waals surface area (Å²) in [6.07, 6.45) is 1.34. The standard InChI is InChI=1S/C19H20N4O5/c1-12(24)21-6-13-7-22(10-19(13,9-21)18(27)28)16(25)8-23-11-20-15-5-3-2-4-14(15)17(23)26/h2-5,11,13H,6-10H2,1H3,(H,27,28)/t13-,19-/m0/s1. The first-order valence-corrected chi connectivity index (χ1v) is 9.03. The summed E-state index contributed by atoms with van der Waals surface area (Å²) in [5.41, 5.74) is -0.899. The van der Waals surface area contributed by atoms with Crippen LogP contribution in [-0.4, -0.2) is 68.4 Å². The maximum absolute atomic E-state index is 12.8. The first kappa shape index (κ1) is 18.1. The lowest BCUT2D eigenvalue weighted by Gasteiger charge is -2.25. The summed E-state index contributed by atoms with van der Waals surface area (Å²) in [4.78, 5) is 56.2. The van der Waals surface area contributed by atoms with E-state index < -0.39 is 11.4 Å². The zero-order chi connectivity index (χ0) is 20.1. The number of likely N-dealkylation sites (tertiary alicyclic amines) is 2. The van der Waals surface area contributed by atoms with Crippen molar-refractivity contribution < 1.29 is 19.5 Å². The van der Waals surface area contributed by atoms with Crippen LogP contribution in [0.3, 0.4) is 0 Å². The van der Waals surface area contributed by atoms with E-state index in [0.717, 1.165) is 0 Å². The monoisotopic (exact) mass is 384 g/mol. The predicted molar refractivity (Wildman–Crippen MR) is 98.4 cm³/mol. The highest BCUT2D eigenvalue weighted by atomic mass is 16.4. The van der Waals surface area contributed by atoms with Crippen molar-refractivity contribution >= 4 is 28.7 Å². The van der Waals surface area contributed by atoms with E-state index in [2.05, 4.69) is 4.98 Å². The summed E-state index contributed by atoms with van der Waals surface area (Å²) >= 11 is 0. The average molecular weight is 384 g/mol. The maximum Gasteiger partial charge on any atom is 0.313 e. The highest BCUT2D eigenvalue weighted by molar-refractivity contribution is 5.84. The molecule has 0 saturated carbocycles. The number of fused-ring (bicyclic) bond motifs is 2. The van der Waals surface area contributed by atoms with Gasteiger partial charge in [-0.1, -0.05) is 12.1 Å². The van der Waals surface area contributed by atoms with Crippen LogP contribution in [0.15, 0.2) is 35.4 Å². The van der Waals surface area contributed by atoms with E-state index in [9.17, 15) is 24.3 Å². The lowest BCUT2D eigenvalue weighted by molar-refractivity contribution is -0.149. The number of rotatable bonds is 3. The van der Waals surface area contributed by atoms with E-state index in [1.54, 1.807) is 24.3 Å². The Morgan fingerprint density at radius 2 is 1.86 bits per heavy atom. The van der Waals surface area contributed by atoms with Gasteiger partial charge in [-0.15, -0.1) is 0 Å². The van der Waals surface area contributed by atoms with Gasteiger partial charge < -0.3 is 14.9 Å². The van der Waals surface area contributed by atoms with Crippen LogP contribution >= 0.6 is 0 Å². The Kier molecular flexibility index (Phi) is 4.17. The molecule has 2 aliphatic heterocycles. The number of carboxylic acids is 1. The van der Waals surface area contributed by atoms with E-state index in [1.807, 2.05) is 0 Å². The number of benzene rings is 1. The van der Waals surface area contributed by atoms with Crippen molar-refractivity contribution in [2.24, 2.45) is 11.3 Å². The van der Waals surface area contributed by atoms with Crippen LogP contribution in [0.1, 0.15) is 6.92 Å². The number of carbonyl (C=O) groups excluding carboxylic acids is 2. The fraction of sp³-hybridized carbons (Fsp3) is 0.421. The van der Waals surface area contributed by atoms with Crippen LogP contribution in [-0.2, 0) is 20.9 Å². The van der Waals surface area contributed by atoms with Crippen molar-refractivity contribution in [1.29, 1.82) is 0 Å². The molecule has 4 rings (SSSR count). The number of carbonyl (C=O) groups is 3. The number of carboxylic acid groups (broad SMARTS) is 1. The summed E-state index contributed by atoms with van der Waals surface area (Å²) < 4.78 is 1.24. The minimum absolute atomic E-state index is 0.0331. The Bertz CT molecular complexity index is 1050. The highest BCUT2D eigenvalue weighted by Crippen LogP contribution is 2.42. The van der Waals surface area contributed by atoms with Gasteiger partial charge in [0.25, 0.3) is 5.56 Å². The molecule has 2 amide bonds. The molecule has 3 heterocycles. The van der Waals surface area contributed by atoms with Gasteiger partial charge in [-0.05, 0) is 12.1 Å². The molecule has 0 bridgehead atoms. The van der Waals surface area contributed by atoms with E-state index >= 15 is 0 Å². The first-order chi connectivity index (χ1) is 13.3. The van der Waals surface area contributed by atoms with E-state index in [0.29, 0.717) is 17.4 Å². The number of aliphatic carboxylic acids is 1. The molecule has 1 aromatic carbocycles. The molecule has 2 aliphatic rings. The summed E-state index contributed by atoms with van der Waals surface area (Å²) in [6, 6.07) is 6.89. The molecule has 9 heteroatoms. The topological polar surface area (TPSA) is 113 Å². The second-order valence-corrected chi connectivity index (χ2v) is 7.53. The lowest BCUT2D eigenvalue weighted by Crippen LogP contribution is -2.43. The van der Waals surface area contributed by atoms with Gasteiger partial charge in [0.2, 0.25) is 11.8 Å². The molecule has 1 N–H and O–H groups in total. The van der Waals surface area contributed by atoms with Crippen molar-refractivity contribution in [3.05, 3.63) is 40.9 Å². The Hall–Kier alpha value is -3.23. The van der Waals surface area contributed by atoms with Crippen LogP contribution in [0.25, 0.3) is 10.9 Å². The number of hydrogen-bond acceptors (Lipinski definition) is 5. The Morgan fingerprint density at radius 1 is 1.18 bits per heavy atom. The van der Waals surface area contributed by atoms with Gasteiger partial charge in [0.15, 0.2) is 0 Å². The first-order valence-electron chi connectivity index (χ1n) is 9.03. The number of aromatic nitrogens is 2. The van der Waals surface area contributed by atoms with Crippen molar-refractivity contribution in [3.8, 4) is 0 Å².